The number of hydrogen-bond acceptors (Lipinski definition) is 3. The Balaban J connectivity index is 1.94. The third-order valence-corrected chi connectivity index (χ3v) is 5.97. The fourth-order valence-corrected chi connectivity index (χ4v) is 4.69. The SMILES string of the molecule is CC(CNS(=O)(=O)c1ccc(Br)cc1Cl)CN1CCCC1. The maximum absolute atomic E-state index is 12.3. The zero-order valence-electron chi connectivity index (χ0n) is 12.0. The second-order valence-electron chi connectivity index (χ2n) is 5.54. The Morgan fingerprint density at radius 1 is 1.38 bits per heavy atom. The van der Waals surface area contributed by atoms with E-state index in [-0.39, 0.29) is 15.8 Å². The Labute approximate surface area is 140 Å². The van der Waals surface area contributed by atoms with E-state index in [1.807, 2.05) is 0 Å². The van der Waals surface area contributed by atoms with Crippen LogP contribution < -0.4 is 4.72 Å². The molecule has 0 aromatic heterocycles. The lowest BCUT2D eigenvalue weighted by Gasteiger charge is -2.20. The minimum atomic E-state index is -3.56. The highest BCUT2D eigenvalue weighted by molar-refractivity contribution is 9.10. The summed E-state index contributed by atoms with van der Waals surface area (Å²) in [6.45, 7) is 5.65. The predicted molar refractivity (Wildman–Crippen MR) is 89.2 cm³/mol. The molecule has 0 aliphatic carbocycles. The smallest absolute Gasteiger partial charge is 0.242 e. The van der Waals surface area contributed by atoms with Gasteiger partial charge in [0.05, 0.1) is 5.02 Å². The highest BCUT2D eigenvalue weighted by atomic mass is 79.9. The van der Waals surface area contributed by atoms with Crippen LogP contribution in [0.3, 0.4) is 0 Å². The highest BCUT2D eigenvalue weighted by Gasteiger charge is 2.20. The molecule has 1 aliphatic rings. The Hall–Kier alpha value is -0.140. The van der Waals surface area contributed by atoms with Crippen LogP contribution in [0, 0.1) is 5.92 Å². The molecule has 1 N–H and O–H groups in total. The molecule has 21 heavy (non-hydrogen) atoms. The molecule has 118 valence electrons. The number of nitrogens with zero attached hydrogens (tertiary/aromatic N) is 1. The minimum absolute atomic E-state index is 0.126. The molecule has 0 saturated carbocycles. The van der Waals surface area contributed by atoms with Crippen molar-refractivity contribution < 1.29 is 8.42 Å². The van der Waals surface area contributed by atoms with Crippen molar-refractivity contribution in [1.82, 2.24) is 9.62 Å². The van der Waals surface area contributed by atoms with Crippen LogP contribution in [-0.4, -0.2) is 39.5 Å². The first kappa shape index (κ1) is 17.2. The summed E-state index contributed by atoms with van der Waals surface area (Å²) in [5.74, 6) is 0.270. The molecule has 4 nitrogen and oxygen atoms in total. The largest absolute Gasteiger partial charge is 0.303 e. The molecular formula is C14H20BrClN2O2S. The molecule has 1 unspecified atom stereocenters. The van der Waals surface area contributed by atoms with Crippen LogP contribution in [0.1, 0.15) is 19.8 Å². The van der Waals surface area contributed by atoms with E-state index < -0.39 is 10.0 Å². The van der Waals surface area contributed by atoms with Gasteiger partial charge in [-0.2, -0.15) is 0 Å². The number of rotatable bonds is 6. The fraction of sp³-hybridized carbons (Fsp3) is 0.571. The summed E-state index contributed by atoms with van der Waals surface area (Å²) in [6, 6.07) is 4.78. The standard InChI is InChI=1S/C14H20BrClN2O2S/c1-11(10-18-6-2-3-7-18)9-17-21(19,20)14-5-4-12(15)8-13(14)16/h4-5,8,11,17H,2-3,6-7,9-10H2,1H3. The molecule has 1 heterocycles. The Morgan fingerprint density at radius 3 is 2.67 bits per heavy atom. The third-order valence-electron chi connectivity index (χ3n) is 3.57. The zero-order valence-corrected chi connectivity index (χ0v) is 15.1. The van der Waals surface area contributed by atoms with E-state index in [9.17, 15) is 8.42 Å². The van der Waals surface area contributed by atoms with E-state index in [4.69, 9.17) is 11.6 Å². The van der Waals surface area contributed by atoms with Crippen molar-refractivity contribution in [3.05, 3.63) is 27.7 Å². The maximum Gasteiger partial charge on any atom is 0.242 e. The fourth-order valence-electron chi connectivity index (χ4n) is 2.49. The summed E-state index contributed by atoms with van der Waals surface area (Å²) in [4.78, 5) is 2.51. The van der Waals surface area contributed by atoms with Gasteiger partial charge in [-0.25, -0.2) is 13.1 Å². The molecule has 1 aromatic carbocycles. The summed E-state index contributed by atoms with van der Waals surface area (Å²) in [5, 5.41) is 0.226. The lowest BCUT2D eigenvalue weighted by Crippen LogP contribution is -2.34. The number of nitrogens with one attached hydrogen (secondary N) is 1. The number of halogens is 2. The first-order chi connectivity index (χ1) is 9.88. The average molecular weight is 396 g/mol. The van der Waals surface area contributed by atoms with Crippen LogP contribution >= 0.6 is 27.5 Å². The van der Waals surface area contributed by atoms with Gasteiger partial charge in [0.25, 0.3) is 0 Å². The molecule has 2 rings (SSSR count). The van der Waals surface area contributed by atoms with E-state index in [1.54, 1.807) is 12.1 Å². The van der Waals surface area contributed by atoms with E-state index in [2.05, 4.69) is 32.5 Å². The molecule has 0 bridgehead atoms. The maximum atomic E-state index is 12.3. The molecule has 0 spiro atoms. The van der Waals surface area contributed by atoms with Crippen LogP contribution in [0.5, 0.6) is 0 Å². The topological polar surface area (TPSA) is 49.4 Å². The summed E-state index contributed by atoms with van der Waals surface area (Å²) in [5.41, 5.74) is 0. The van der Waals surface area contributed by atoms with Crippen molar-refractivity contribution in [2.75, 3.05) is 26.2 Å². The lowest BCUT2D eigenvalue weighted by molar-refractivity contribution is 0.288. The van der Waals surface area contributed by atoms with Gasteiger partial charge in [-0.3, -0.25) is 0 Å². The summed E-state index contributed by atoms with van der Waals surface area (Å²) < 4.78 is 28.0. The van der Waals surface area contributed by atoms with Crippen LogP contribution in [-0.2, 0) is 10.0 Å². The van der Waals surface area contributed by atoms with Crippen LogP contribution in [0.15, 0.2) is 27.6 Å². The highest BCUT2D eigenvalue weighted by Crippen LogP contribution is 2.25. The van der Waals surface area contributed by atoms with Crippen molar-refractivity contribution in [3.63, 3.8) is 0 Å². The normalized spacial score (nSPS) is 18.0. The Morgan fingerprint density at radius 2 is 2.05 bits per heavy atom. The van der Waals surface area contributed by atoms with Gasteiger partial charge < -0.3 is 4.90 Å². The Kier molecular flexibility index (Phi) is 6.08. The Bertz CT molecular complexity index is 589. The van der Waals surface area contributed by atoms with Gasteiger partial charge in [0.1, 0.15) is 4.90 Å². The number of sulfonamides is 1. The van der Waals surface area contributed by atoms with E-state index in [1.165, 1.54) is 18.9 Å². The van der Waals surface area contributed by atoms with Gasteiger partial charge in [-0.05, 0) is 50.0 Å². The number of likely N-dealkylation sites (tertiary alicyclic amines) is 1. The zero-order chi connectivity index (χ0) is 15.5. The van der Waals surface area contributed by atoms with Crippen LogP contribution in [0.4, 0.5) is 0 Å². The number of benzene rings is 1. The summed E-state index contributed by atoms with van der Waals surface area (Å²) in [7, 11) is -3.56. The van der Waals surface area contributed by atoms with E-state index in [0.29, 0.717) is 6.54 Å². The predicted octanol–water partition coefficient (Wildman–Crippen LogP) is 3.11. The van der Waals surface area contributed by atoms with Gasteiger partial charge in [0.2, 0.25) is 10.0 Å². The minimum Gasteiger partial charge on any atom is -0.303 e. The molecule has 7 heteroatoms. The van der Waals surface area contributed by atoms with Crippen molar-refractivity contribution >= 4 is 37.6 Å². The third kappa shape index (κ3) is 4.93. The van der Waals surface area contributed by atoms with Crippen LogP contribution in [0.2, 0.25) is 5.02 Å². The molecule has 0 amide bonds. The quantitative estimate of drug-likeness (QED) is 0.805. The van der Waals surface area contributed by atoms with Gasteiger partial charge in [-0.15, -0.1) is 0 Å². The van der Waals surface area contributed by atoms with Crippen molar-refractivity contribution in [2.45, 2.75) is 24.7 Å². The van der Waals surface area contributed by atoms with Crippen molar-refractivity contribution in [1.29, 1.82) is 0 Å². The molecule has 1 saturated heterocycles. The molecule has 1 fully saturated rings. The van der Waals surface area contributed by atoms with Gasteiger partial charge in [0.15, 0.2) is 0 Å². The first-order valence-corrected chi connectivity index (χ1v) is 9.71. The van der Waals surface area contributed by atoms with Crippen LogP contribution in [0.25, 0.3) is 0 Å². The number of hydrogen-bond donors (Lipinski definition) is 1. The summed E-state index contributed by atoms with van der Waals surface area (Å²) >= 11 is 9.28. The molecule has 0 radical (unpaired) electrons. The van der Waals surface area contributed by atoms with Crippen molar-refractivity contribution in [2.24, 2.45) is 5.92 Å². The van der Waals surface area contributed by atoms with Crippen molar-refractivity contribution in [3.8, 4) is 0 Å². The van der Waals surface area contributed by atoms with E-state index in [0.717, 1.165) is 24.1 Å². The van der Waals surface area contributed by atoms with Gasteiger partial charge in [-0.1, -0.05) is 34.5 Å². The molecular weight excluding hydrogens is 376 g/mol. The van der Waals surface area contributed by atoms with Gasteiger partial charge in [0, 0.05) is 17.6 Å². The molecule has 1 aromatic rings. The van der Waals surface area contributed by atoms with Gasteiger partial charge >= 0.3 is 0 Å². The monoisotopic (exact) mass is 394 g/mol. The lowest BCUT2D eigenvalue weighted by atomic mass is 10.2. The van der Waals surface area contributed by atoms with E-state index >= 15 is 0 Å². The molecule has 1 aliphatic heterocycles. The first-order valence-electron chi connectivity index (χ1n) is 7.05. The average Bonchev–Trinajstić information content (AvgIpc) is 2.89. The summed E-state index contributed by atoms with van der Waals surface area (Å²) in [6.07, 6.45) is 2.49. The molecule has 1 atom stereocenters. The second kappa shape index (κ2) is 7.42. The second-order valence-corrected chi connectivity index (χ2v) is 8.60.